The second kappa shape index (κ2) is 10.6. The van der Waals surface area contributed by atoms with E-state index in [9.17, 15) is 9.59 Å². The van der Waals surface area contributed by atoms with Crippen molar-refractivity contribution in [3.8, 4) is 11.5 Å². The predicted octanol–water partition coefficient (Wildman–Crippen LogP) is 4.91. The number of nitrogens with zero attached hydrogens (tertiary/aromatic N) is 2. The van der Waals surface area contributed by atoms with E-state index in [1.54, 1.807) is 0 Å². The first kappa shape index (κ1) is 28.0. The monoisotopic (exact) mass is 561 g/mol. The van der Waals surface area contributed by atoms with E-state index in [1.807, 2.05) is 31.7 Å². The van der Waals surface area contributed by atoms with Gasteiger partial charge in [-0.3, -0.25) is 9.59 Å². The predicted molar refractivity (Wildman–Crippen MR) is 159 cm³/mol. The molecule has 1 N–H and O–H groups in total. The number of fused-ring (bicyclic) bond motifs is 2. The number of nitrogens with one attached hydrogen (secondary N) is 1. The first-order valence-corrected chi connectivity index (χ1v) is 15.1. The van der Waals surface area contributed by atoms with Crippen molar-refractivity contribution in [1.82, 2.24) is 14.8 Å². The van der Waals surface area contributed by atoms with E-state index in [2.05, 4.69) is 37.0 Å². The molecule has 0 saturated heterocycles. The van der Waals surface area contributed by atoms with Gasteiger partial charge in [-0.1, -0.05) is 6.08 Å². The number of hydrogen-bond donors (Lipinski definition) is 1. The summed E-state index contributed by atoms with van der Waals surface area (Å²) in [5.74, 6) is 0.928. The SMILES string of the molecule is Cc1cc(C)c(CN2CCc3c(c(C)c4c(c3C3=CCOCC3)OC(C)(C3CCC(N(C)C)CC3)O4)C2=O)c(=O)[nH]1. The summed E-state index contributed by atoms with van der Waals surface area (Å²) in [4.78, 5) is 34.0. The standard InChI is InChI=1S/C33H43N3O5/c1-19-17-20(2)34-31(37)26(19)18-36-14-11-25-27(32(36)38)21(3)29-30(28(25)22-12-15-39-16-13-22)41-33(4,40-29)23-7-9-24(10-8-23)35(5)6/h12,17,23-24H,7-11,13-16,18H2,1-6H3,(H,34,37). The number of hydrogen-bond acceptors (Lipinski definition) is 6. The van der Waals surface area contributed by atoms with Gasteiger partial charge in [0, 0.05) is 47.8 Å². The van der Waals surface area contributed by atoms with E-state index in [0.717, 1.165) is 65.8 Å². The molecule has 8 heteroatoms. The van der Waals surface area contributed by atoms with Crippen LogP contribution >= 0.6 is 0 Å². The summed E-state index contributed by atoms with van der Waals surface area (Å²) in [6.45, 7) is 9.90. The minimum absolute atomic E-state index is 0.0523. The number of rotatable bonds is 5. The van der Waals surface area contributed by atoms with Gasteiger partial charge < -0.3 is 29.0 Å². The van der Waals surface area contributed by atoms with Crippen molar-refractivity contribution in [2.45, 2.75) is 84.6 Å². The van der Waals surface area contributed by atoms with Crippen molar-refractivity contribution in [1.29, 1.82) is 0 Å². The van der Waals surface area contributed by atoms with Crippen LogP contribution in [-0.2, 0) is 17.7 Å². The zero-order chi connectivity index (χ0) is 29.1. The molecule has 41 heavy (non-hydrogen) atoms. The average molecular weight is 562 g/mol. The Kier molecular flexibility index (Phi) is 7.27. The Morgan fingerprint density at radius 1 is 1.02 bits per heavy atom. The summed E-state index contributed by atoms with van der Waals surface area (Å²) in [6, 6.07) is 2.55. The molecular weight excluding hydrogens is 518 g/mol. The molecule has 6 rings (SSSR count). The molecule has 1 atom stereocenters. The van der Waals surface area contributed by atoms with Crippen LogP contribution in [0, 0.1) is 26.7 Å². The normalized spacial score (nSPS) is 25.9. The van der Waals surface area contributed by atoms with E-state index < -0.39 is 5.79 Å². The molecule has 1 aromatic heterocycles. The molecule has 1 aliphatic carbocycles. The van der Waals surface area contributed by atoms with E-state index >= 15 is 0 Å². The van der Waals surface area contributed by atoms with Crippen LogP contribution in [-0.4, -0.2) is 66.4 Å². The topological polar surface area (TPSA) is 84.1 Å². The van der Waals surface area contributed by atoms with Gasteiger partial charge in [-0.25, -0.2) is 0 Å². The van der Waals surface area contributed by atoms with Gasteiger partial charge in [0.05, 0.1) is 25.3 Å². The molecule has 1 amide bonds. The number of pyridine rings is 1. The Morgan fingerprint density at radius 3 is 2.41 bits per heavy atom. The summed E-state index contributed by atoms with van der Waals surface area (Å²) in [5.41, 5.74) is 6.99. The Hall–Kier alpha value is -3.10. The van der Waals surface area contributed by atoms with Gasteiger partial charge in [0.15, 0.2) is 11.5 Å². The zero-order valence-corrected chi connectivity index (χ0v) is 25.3. The molecular formula is C33H43N3O5. The van der Waals surface area contributed by atoms with Gasteiger partial charge in [-0.05, 0) is 96.2 Å². The second-order valence-electron chi connectivity index (χ2n) is 12.7. The van der Waals surface area contributed by atoms with Gasteiger partial charge >= 0.3 is 0 Å². The summed E-state index contributed by atoms with van der Waals surface area (Å²) in [7, 11) is 4.31. The summed E-state index contributed by atoms with van der Waals surface area (Å²) >= 11 is 0. The molecule has 0 bridgehead atoms. The maximum Gasteiger partial charge on any atom is 0.254 e. The second-order valence-corrected chi connectivity index (χ2v) is 12.7. The lowest BCUT2D eigenvalue weighted by molar-refractivity contribution is -0.123. The van der Waals surface area contributed by atoms with E-state index in [0.29, 0.717) is 49.1 Å². The molecule has 2 aromatic rings. The van der Waals surface area contributed by atoms with Crippen molar-refractivity contribution in [3.05, 3.63) is 61.6 Å². The molecule has 3 aliphatic heterocycles. The van der Waals surface area contributed by atoms with Crippen LogP contribution < -0.4 is 15.0 Å². The fourth-order valence-electron chi connectivity index (χ4n) is 7.37. The van der Waals surface area contributed by atoms with E-state index in [1.165, 1.54) is 5.57 Å². The molecule has 1 saturated carbocycles. The summed E-state index contributed by atoms with van der Waals surface area (Å²) in [6.07, 6.45) is 7.90. The van der Waals surface area contributed by atoms with Crippen molar-refractivity contribution in [2.24, 2.45) is 5.92 Å². The molecule has 4 aliphatic rings. The third kappa shape index (κ3) is 4.89. The molecule has 1 fully saturated rings. The molecule has 1 unspecified atom stereocenters. The minimum atomic E-state index is -0.774. The first-order chi connectivity index (χ1) is 19.6. The number of carbonyl (C=O) groups is 1. The number of benzene rings is 1. The largest absolute Gasteiger partial charge is 0.448 e. The van der Waals surface area contributed by atoms with Crippen LogP contribution in [0.1, 0.15) is 82.9 Å². The first-order valence-electron chi connectivity index (χ1n) is 15.1. The Morgan fingerprint density at radius 2 is 1.76 bits per heavy atom. The smallest absolute Gasteiger partial charge is 0.254 e. The maximum atomic E-state index is 14.2. The van der Waals surface area contributed by atoms with Crippen molar-refractivity contribution >= 4 is 11.5 Å². The molecule has 220 valence electrons. The average Bonchev–Trinajstić information content (AvgIpc) is 3.31. The van der Waals surface area contributed by atoms with Crippen molar-refractivity contribution in [3.63, 3.8) is 0 Å². The highest BCUT2D eigenvalue weighted by atomic mass is 16.7. The number of aryl methyl sites for hydroxylation is 2. The quantitative estimate of drug-likeness (QED) is 0.559. The van der Waals surface area contributed by atoms with Gasteiger partial charge in [0.25, 0.3) is 17.3 Å². The van der Waals surface area contributed by atoms with Crippen LogP contribution in [0.2, 0.25) is 0 Å². The van der Waals surface area contributed by atoms with Crippen LogP contribution in [0.5, 0.6) is 11.5 Å². The highest BCUT2D eigenvalue weighted by Gasteiger charge is 2.49. The summed E-state index contributed by atoms with van der Waals surface area (Å²) < 4.78 is 19.3. The van der Waals surface area contributed by atoms with Crippen molar-refractivity contribution in [2.75, 3.05) is 33.9 Å². The number of amides is 1. The van der Waals surface area contributed by atoms with Gasteiger partial charge in [0.1, 0.15) is 0 Å². The number of aromatic amines is 1. The van der Waals surface area contributed by atoms with Gasteiger partial charge in [-0.2, -0.15) is 0 Å². The lowest BCUT2D eigenvalue weighted by atomic mass is 9.81. The van der Waals surface area contributed by atoms with Crippen LogP contribution in [0.25, 0.3) is 5.57 Å². The lowest BCUT2D eigenvalue weighted by Crippen LogP contribution is -2.46. The van der Waals surface area contributed by atoms with E-state index in [-0.39, 0.29) is 23.9 Å². The highest BCUT2D eigenvalue weighted by Crippen LogP contribution is 2.54. The van der Waals surface area contributed by atoms with Crippen LogP contribution in [0.4, 0.5) is 0 Å². The molecule has 0 radical (unpaired) electrons. The highest BCUT2D eigenvalue weighted by molar-refractivity contribution is 6.01. The van der Waals surface area contributed by atoms with E-state index in [4.69, 9.17) is 14.2 Å². The van der Waals surface area contributed by atoms with Crippen LogP contribution in [0.3, 0.4) is 0 Å². The molecule has 4 heterocycles. The zero-order valence-electron chi connectivity index (χ0n) is 25.3. The molecule has 1 aromatic carbocycles. The van der Waals surface area contributed by atoms with Crippen molar-refractivity contribution < 1.29 is 19.0 Å². The van der Waals surface area contributed by atoms with Gasteiger partial charge in [0.2, 0.25) is 0 Å². The van der Waals surface area contributed by atoms with Gasteiger partial charge in [-0.15, -0.1) is 0 Å². The fraction of sp³-hybridized carbons (Fsp3) is 0.576. The number of aromatic nitrogens is 1. The Balaban J connectivity index is 1.39. The number of H-pyrrole nitrogens is 1. The molecule has 0 spiro atoms. The third-order valence-electron chi connectivity index (χ3n) is 9.79. The Labute approximate surface area is 242 Å². The lowest BCUT2D eigenvalue weighted by Gasteiger charge is -2.39. The third-order valence-corrected chi connectivity index (χ3v) is 9.79. The number of carbonyl (C=O) groups excluding carboxylic acids is 1. The minimum Gasteiger partial charge on any atom is -0.448 e. The van der Waals surface area contributed by atoms with Crippen LogP contribution in [0.15, 0.2) is 16.9 Å². The fourth-order valence-corrected chi connectivity index (χ4v) is 7.37. The maximum absolute atomic E-state index is 14.2. The summed E-state index contributed by atoms with van der Waals surface area (Å²) in [5, 5.41) is 0. The molecule has 8 nitrogen and oxygen atoms in total. The Bertz CT molecular complexity index is 1470. The number of ether oxygens (including phenoxy) is 3.